The minimum Gasteiger partial charge on any atom is -0.342 e. The highest BCUT2D eigenvalue weighted by Crippen LogP contribution is 2.22. The Morgan fingerprint density at radius 2 is 2.41 bits per heavy atom. The highest BCUT2D eigenvalue weighted by molar-refractivity contribution is 5.33. The molecule has 4 nitrogen and oxygen atoms in total. The normalized spacial score (nSPS) is 20.1. The Morgan fingerprint density at radius 1 is 1.53 bits per heavy atom. The number of rotatable bonds is 6. The van der Waals surface area contributed by atoms with E-state index in [1.165, 1.54) is 19.3 Å². The Hall–Kier alpha value is -1.03. The van der Waals surface area contributed by atoms with E-state index in [4.69, 9.17) is 0 Å². The van der Waals surface area contributed by atoms with Gasteiger partial charge in [-0.25, -0.2) is 4.98 Å². The van der Waals surface area contributed by atoms with Gasteiger partial charge in [-0.15, -0.1) is 0 Å². The van der Waals surface area contributed by atoms with E-state index in [1.807, 2.05) is 13.2 Å². The van der Waals surface area contributed by atoms with Gasteiger partial charge in [0.2, 0.25) is 5.95 Å². The van der Waals surface area contributed by atoms with Crippen LogP contribution in [0.5, 0.6) is 0 Å². The van der Waals surface area contributed by atoms with E-state index in [2.05, 4.69) is 32.9 Å². The van der Waals surface area contributed by atoms with Crippen LogP contribution in [0.25, 0.3) is 0 Å². The second-order valence-corrected chi connectivity index (χ2v) is 4.93. The second-order valence-electron chi connectivity index (χ2n) is 4.93. The highest BCUT2D eigenvalue weighted by atomic mass is 15.3. The van der Waals surface area contributed by atoms with Crippen molar-refractivity contribution in [3.05, 3.63) is 12.4 Å². The molecule has 0 radical (unpaired) electrons. The minimum atomic E-state index is 0.774. The van der Waals surface area contributed by atoms with Crippen molar-refractivity contribution in [1.82, 2.24) is 14.9 Å². The van der Waals surface area contributed by atoms with Crippen LogP contribution in [0.4, 0.5) is 5.95 Å². The zero-order valence-electron chi connectivity index (χ0n) is 11.0. The molecule has 96 valence electrons. The molecule has 4 heteroatoms. The van der Waals surface area contributed by atoms with Crippen LogP contribution < -0.4 is 10.2 Å². The van der Waals surface area contributed by atoms with Gasteiger partial charge in [-0.2, -0.15) is 0 Å². The first-order valence-electron chi connectivity index (χ1n) is 6.75. The maximum absolute atomic E-state index is 4.51. The molecule has 0 amide bonds. The van der Waals surface area contributed by atoms with Crippen LogP contribution in [-0.4, -0.2) is 36.2 Å². The number of unbranched alkanes of at least 4 members (excludes halogenated alkanes) is 1. The number of anilines is 1. The van der Waals surface area contributed by atoms with Crippen molar-refractivity contribution in [2.75, 3.05) is 31.6 Å². The molecule has 2 heterocycles. The van der Waals surface area contributed by atoms with Crippen molar-refractivity contribution in [2.45, 2.75) is 32.7 Å². The lowest BCUT2D eigenvalue weighted by Crippen LogP contribution is -2.26. The van der Waals surface area contributed by atoms with Crippen LogP contribution in [0.2, 0.25) is 0 Å². The molecule has 1 N–H and O–H groups in total. The van der Waals surface area contributed by atoms with Crippen LogP contribution in [0.15, 0.2) is 12.4 Å². The molecule has 0 aliphatic carbocycles. The highest BCUT2D eigenvalue weighted by Gasteiger charge is 2.24. The molecule has 1 aliphatic rings. The van der Waals surface area contributed by atoms with Crippen molar-refractivity contribution in [3.63, 3.8) is 0 Å². The fourth-order valence-corrected chi connectivity index (χ4v) is 2.56. The zero-order valence-corrected chi connectivity index (χ0v) is 11.0. The zero-order chi connectivity index (χ0) is 12.1. The number of aryl methyl sites for hydroxylation is 1. The summed E-state index contributed by atoms with van der Waals surface area (Å²) >= 11 is 0. The van der Waals surface area contributed by atoms with E-state index < -0.39 is 0 Å². The number of nitrogens with zero attached hydrogens (tertiary/aromatic N) is 3. The van der Waals surface area contributed by atoms with Gasteiger partial charge in [0.15, 0.2) is 0 Å². The molecule has 1 saturated heterocycles. The van der Waals surface area contributed by atoms with Gasteiger partial charge >= 0.3 is 0 Å². The van der Waals surface area contributed by atoms with Crippen LogP contribution in [0, 0.1) is 5.92 Å². The van der Waals surface area contributed by atoms with E-state index in [9.17, 15) is 0 Å². The van der Waals surface area contributed by atoms with Gasteiger partial charge in [-0.1, -0.05) is 13.3 Å². The molecule has 1 aromatic heterocycles. The Labute approximate surface area is 104 Å². The maximum Gasteiger partial charge on any atom is 0.205 e. The van der Waals surface area contributed by atoms with Gasteiger partial charge in [0.1, 0.15) is 0 Å². The first-order chi connectivity index (χ1) is 8.35. The van der Waals surface area contributed by atoms with Gasteiger partial charge in [0, 0.05) is 32.0 Å². The molecule has 2 rings (SSSR count). The molecule has 1 aliphatic heterocycles. The van der Waals surface area contributed by atoms with E-state index in [-0.39, 0.29) is 0 Å². The molecule has 1 atom stereocenters. The summed E-state index contributed by atoms with van der Waals surface area (Å²) in [5.41, 5.74) is 0. The lowest BCUT2D eigenvalue weighted by atomic mass is 10.1. The summed E-state index contributed by atoms with van der Waals surface area (Å²) in [4.78, 5) is 6.94. The maximum atomic E-state index is 4.51. The average molecular weight is 236 g/mol. The summed E-state index contributed by atoms with van der Waals surface area (Å²) in [6.45, 7) is 6.74. The molecule has 0 aromatic carbocycles. The van der Waals surface area contributed by atoms with Crippen molar-refractivity contribution in [1.29, 1.82) is 0 Å². The lowest BCUT2D eigenvalue weighted by molar-refractivity contribution is 0.546. The number of hydrogen-bond acceptors (Lipinski definition) is 3. The van der Waals surface area contributed by atoms with Crippen LogP contribution in [-0.2, 0) is 6.54 Å². The third-order valence-electron chi connectivity index (χ3n) is 3.51. The van der Waals surface area contributed by atoms with E-state index in [0.717, 1.165) is 38.0 Å². The van der Waals surface area contributed by atoms with E-state index in [0.29, 0.717) is 0 Å². The number of hydrogen-bond donors (Lipinski definition) is 1. The fraction of sp³-hybridized carbons (Fsp3) is 0.769. The van der Waals surface area contributed by atoms with E-state index >= 15 is 0 Å². The Bertz CT molecular complexity index is 334. The SMILES string of the molecule is CCCCn1ccnc1N1CCC(CNC)C1. The van der Waals surface area contributed by atoms with Crippen molar-refractivity contribution < 1.29 is 0 Å². The van der Waals surface area contributed by atoms with Gasteiger partial charge in [0.25, 0.3) is 0 Å². The predicted octanol–water partition coefficient (Wildman–Crippen LogP) is 1.73. The number of nitrogens with one attached hydrogen (secondary N) is 1. The smallest absolute Gasteiger partial charge is 0.205 e. The summed E-state index contributed by atoms with van der Waals surface area (Å²) in [6, 6.07) is 0. The minimum absolute atomic E-state index is 0.774. The van der Waals surface area contributed by atoms with Gasteiger partial charge in [0.05, 0.1) is 0 Å². The summed E-state index contributed by atoms with van der Waals surface area (Å²) in [6.07, 6.45) is 7.78. The third kappa shape index (κ3) is 3.00. The summed E-state index contributed by atoms with van der Waals surface area (Å²) in [7, 11) is 2.03. The quantitative estimate of drug-likeness (QED) is 0.816. The summed E-state index contributed by atoms with van der Waals surface area (Å²) in [5.74, 6) is 1.94. The van der Waals surface area contributed by atoms with Gasteiger partial charge in [-0.3, -0.25) is 0 Å². The first-order valence-corrected chi connectivity index (χ1v) is 6.75. The van der Waals surface area contributed by atoms with Crippen LogP contribution in [0.3, 0.4) is 0 Å². The molecular formula is C13H24N4. The first kappa shape index (κ1) is 12.4. The third-order valence-corrected chi connectivity index (χ3v) is 3.51. The molecule has 1 unspecified atom stereocenters. The van der Waals surface area contributed by atoms with Crippen LogP contribution >= 0.6 is 0 Å². The largest absolute Gasteiger partial charge is 0.342 e. The molecule has 1 fully saturated rings. The second kappa shape index (κ2) is 6.05. The van der Waals surface area contributed by atoms with Crippen molar-refractivity contribution >= 4 is 5.95 Å². The standard InChI is InChI=1S/C13H24N4/c1-3-4-7-16-9-6-15-13(16)17-8-5-12(11-17)10-14-2/h6,9,12,14H,3-5,7-8,10-11H2,1-2H3. The Kier molecular flexibility index (Phi) is 4.42. The number of aromatic nitrogens is 2. The van der Waals surface area contributed by atoms with Crippen LogP contribution in [0.1, 0.15) is 26.2 Å². The van der Waals surface area contributed by atoms with Gasteiger partial charge in [-0.05, 0) is 32.4 Å². The Balaban J connectivity index is 1.96. The molecule has 0 saturated carbocycles. The summed E-state index contributed by atoms with van der Waals surface area (Å²) < 4.78 is 2.30. The molecule has 0 spiro atoms. The molecule has 0 bridgehead atoms. The summed E-state index contributed by atoms with van der Waals surface area (Å²) in [5, 5.41) is 3.27. The van der Waals surface area contributed by atoms with Crippen molar-refractivity contribution in [2.24, 2.45) is 5.92 Å². The van der Waals surface area contributed by atoms with Crippen molar-refractivity contribution in [3.8, 4) is 0 Å². The van der Waals surface area contributed by atoms with E-state index in [1.54, 1.807) is 0 Å². The fourth-order valence-electron chi connectivity index (χ4n) is 2.56. The molecule has 17 heavy (non-hydrogen) atoms. The predicted molar refractivity (Wildman–Crippen MR) is 71.4 cm³/mol. The lowest BCUT2D eigenvalue weighted by Gasteiger charge is -2.19. The van der Waals surface area contributed by atoms with Gasteiger partial charge < -0.3 is 14.8 Å². The monoisotopic (exact) mass is 236 g/mol. The molecule has 1 aromatic rings. The average Bonchev–Trinajstić information content (AvgIpc) is 2.94. The molecular weight excluding hydrogens is 212 g/mol. The topological polar surface area (TPSA) is 33.1 Å². The number of imidazole rings is 1. The Morgan fingerprint density at radius 3 is 3.18 bits per heavy atom.